The fourth-order valence-electron chi connectivity index (χ4n) is 5.10. The number of hydrogen-bond acceptors (Lipinski definition) is 3. The van der Waals surface area contributed by atoms with E-state index in [1.807, 2.05) is 23.8 Å². The zero-order valence-corrected chi connectivity index (χ0v) is 18.2. The summed E-state index contributed by atoms with van der Waals surface area (Å²) >= 11 is 0. The highest BCUT2D eigenvalue weighted by Crippen LogP contribution is 2.37. The van der Waals surface area contributed by atoms with Gasteiger partial charge in [-0.1, -0.05) is 45.7 Å². The van der Waals surface area contributed by atoms with Crippen LogP contribution in [0.2, 0.25) is 0 Å². The zero-order chi connectivity index (χ0) is 21.7. The number of fused-ring (bicyclic) bond motifs is 3. The van der Waals surface area contributed by atoms with E-state index in [2.05, 4.69) is 18.8 Å². The Morgan fingerprint density at radius 2 is 1.90 bits per heavy atom. The minimum Gasteiger partial charge on any atom is -0.311 e. The Morgan fingerprint density at radius 1 is 1.13 bits per heavy atom. The van der Waals surface area contributed by atoms with Crippen molar-refractivity contribution in [3.63, 3.8) is 0 Å². The van der Waals surface area contributed by atoms with Crippen molar-refractivity contribution >= 4 is 16.6 Å². The quantitative estimate of drug-likeness (QED) is 0.447. The normalized spacial score (nSPS) is 21.7. The maximum atomic E-state index is 13.4. The molecule has 5 rings (SSSR count). The molecule has 5 nitrogen and oxygen atoms in total. The SMILES string of the molecule is CCc1nn2c(ncc3c(=O)n(C4CCCC(C)C4C)ccc32)c1-c1ccc(F)cc1. The highest BCUT2D eigenvalue weighted by molar-refractivity contribution is 5.86. The molecule has 1 aliphatic carbocycles. The molecule has 3 heterocycles. The van der Waals surface area contributed by atoms with Crippen LogP contribution in [0.3, 0.4) is 0 Å². The molecule has 1 fully saturated rings. The van der Waals surface area contributed by atoms with E-state index in [-0.39, 0.29) is 17.4 Å². The predicted octanol–water partition coefficient (Wildman–Crippen LogP) is 5.41. The Kier molecular flexibility index (Phi) is 4.88. The molecule has 1 aromatic carbocycles. The maximum absolute atomic E-state index is 13.4. The Hall–Kier alpha value is -3.02. The van der Waals surface area contributed by atoms with Crippen molar-refractivity contribution in [1.29, 1.82) is 0 Å². The third kappa shape index (κ3) is 3.16. The van der Waals surface area contributed by atoms with Crippen LogP contribution in [-0.4, -0.2) is 19.2 Å². The topological polar surface area (TPSA) is 52.2 Å². The second-order valence-corrected chi connectivity index (χ2v) is 8.84. The summed E-state index contributed by atoms with van der Waals surface area (Å²) in [6, 6.07) is 8.60. The Balaban J connectivity index is 1.70. The summed E-state index contributed by atoms with van der Waals surface area (Å²) in [7, 11) is 0. The molecular weight excluding hydrogens is 391 g/mol. The summed E-state index contributed by atoms with van der Waals surface area (Å²) in [4.78, 5) is 18.1. The lowest BCUT2D eigenvalue weighted by molar-refractivity contribution is 0.183. The molecule has 3 unspecified atom stereocenters. The van der Waals surface area contributed by atoms with Gasteiger partial charge in [0.1, 0.15) is 5.82 Å². The van der Waals surface area contributed by atoms with Crippen molar-refractivity contribution in [1.82, 2.24) is 19.2 Å². The van der Waals surface area contributed by atoms with E-state index < -0.39 is 0 Å². The smallest absolute Gasteiger partial charge is 0.261 e. The molecule has 4 aromatic rings. The van der Waals surface area contributed by atoms with Gasteiger partial charge in [-0.3, -0.25) is 4.79 Å². The summed E-state index contributed by atoms with van der Waals surface area (Å²) < 4.78 is 17.1. The van der Waals surface area contributed by atoms with Crippen molar-refractivity contribution in [3.05, 3.63) is 64.6 Å². The van der Waals surface area contributed by atoms with E-state index in [9.17, 15) is 9.18 Å². The zero-order valence-electron chi connectivity index (χ0n) is 18.2. The van der Waals surface area contributed by atoms with Gasteiger partial charge in [0.25, 0.3) is 5.56 Å². The molecule has 0 aliphatic heterocycles. The number of nitrogens with zero attached hydrogens (tertiary/aromatic N) is 4. The van der Waals surface area contributed by atoms with Crippen molar-refractivity contribution < 1.29 is 4.39 Å². The fourth-order valence-corrected chi connectivity index (χ4v) is 5.10. The fraction of sp³-hybridized carbons (Fsp3) is 0.400. The van der Waals surface area contributed by atoms with Crippen LogP contribution in [0.1, 0.15) is 51.8 Å². The maximum Gasteiger partial charge on any atom is 0.261 e. The average molecular weight is 419 g/mol. The minimum atomic E-state index is -0.275. The van der Waals surface area contributed by atoms with E-state index in [1.54, 1.807) is 22.8 Å². The molecule has 0 spiro atoms. The molecule has 3 aromatic heterocycles. The monoisotopic (exact) mass is 418 g/mol. The van der Waals surface area contributed by atoms with Crippen LogP contribution in [0.15, 0.2) is 47.5 Å². The molecule has 3 atom stereocenters. The van der Waals surface area contributed by atoms with Gasteiger partial charge in [-0.05, 0) is 48.4 Å². The van der Waals surface area contributed by atoms with Crippen molar-refractivity contribution in [3.8, 4) is 11.1 Å². The number of hydrogen-bond donors (Lipinski definition) is 0. The first-order valence-electron chi connectivity index (χ1n) is 11.2. The summed E-state index contributed by atoms with van der Waals surface area (Å²) in [5.41, 5.74) is 4.08. The van der Waals surface area contributed by atoms with Crippen LogP contribution in [0.25, 0.3) is 27.7 Å². The molecule has 0 amide bonds. The number of aryl methyl sites for hydroxylation is 1. The molecular formula is C25H27FN4O. The number of halogens is 1. The van der Waals surface area contributed by atoms with Crippen LogP contribution in [0.5, 0.6) is 0 Å². The van der Waals surface area contributed by atoms with Gasteiger partial charge in [0, 0.05) is 24.0 Å². The lowest BCUT2D eigenvalue weighted by Crippen LogP contribution is -2.33. The Bertz CT molecular complexity index is 1320. The molecule has 31 heavy (non-hydrogen) atoms. The highest BCUT2D eigenvalue weighted by atomic mass is 19.1. The van der Waals surface area contributed by atoms with Crippen molar-refractivity contribution in [2.75, 3.05) is 0 Å². The van der Waals surface area contributed by atoms with Gasteiger partial charge in [-0.2, -0.15) is 5.10 Å². The van der Waals surface area contributed by atoms with Gasteiger partial charge in [-0.25, -0.2) is 13.9 Å². The van der Waals surface area contributed by atoms with Gasteiger partial charge in [0.2, 0.25) is 0 Å². The Morgan fingerprint density at radius 3 is 2.65 bits per heavy atom. The van der Waals surface area contributed by atoms with Crippen molar-refractivity contribution in [2.45, 2.75) is 52.5 Å². The minimum absolute atomic E-state index is 0.00488. The lowest BCUT2D eigenvalue weighted by atomic mass is 9.78. The molecule has 0 radical (unpaired) electrons. The van der Waals surface area contributed by atoms with Crippen LogP contribution in [0, 0.1) is 17.7 Å². The van der Waals surface area contributed by atoms with E-state index in [0.717, 1.165) is 35.2 Å². The first-order valence-corrected chi connectivity index (χ1v) is 11.2. The summed E-state index contributed by atoms with van der Waals surface area (Å²) in [5.74, 6) is 0.795. The van der Waals surface area contributed by atoms with E-state index >= 15 is 0 Å². The van der Waals surface area contributed by atoms with Crippen LogP contribution in [0.4, 0.5) is 4.39 Å². The number of benzene rings is 1. The van der Waals surface area contributed by atoms with Crippen LogP contribution in [-0.2, 0) is 6.42 Å². The van der Waals surface area contributed by atoms with E-state index in [0.29, 0.717) is 29.3 Å². The highest BCUT2D eigenvalue weighted by Gasteiger charge is 2.29. The summed E-state index contributed by atoms with van der Waals surface area (Å²) in [6.07, 6.45) is 7.72. The predicted molar refractivity (Wildman–Crippen MR) is 121 cm³/mol. The molecule has 0 bridgehead atoms. The average Bonchev–Trinajstić information content (AvgIpc) is 3.16. The molecule has 1 saturated carbocycles. The third-order valence-electron chi connectivity index (χ3n) is 7.10. The van der Waals surface area contributed by atoms with Crippen LogP contribution >= 0.6 is 0 Å². The standard InChI is InChI=1S/C25H27FN4O/c1-4-20-23(17-8-10-18(26)11-9-17)24-27-14-19-22(30(24)28-20)12-13-29(25(19)31)21-7-5-6-15(2)16(21)3/h8-16,21H,4-7H2,1-3H3. The summed E-state index contributed by atoms with van der Waals surface area (Å²) in [5, 5.41) is 5.36. The van der Waals surface area contributed by atoms with E-state index in [1.165, 1.54) is 18.6 Å². The number of pyridine rings is 1. The van der Waals surface area contributed by atoms with E-state index in [4.69, 9.17) is 5.10 Å². The van der Waals surface area contributed by atoms with Crippen LogP contribution < -0.4 is 5.56 Å². The first kappa shape index (κ1) is 19.9. The first-order chi connectivity index (χ1) is 15.0. The lowest BCUT2D eigenvalue weighted by Gasteiger charge is -2.35. The molecule has 0 N–H and O–H groups in total. The second kappa shape index (κ2) is 7.59. The largest absolute Gasteiger partial charge is 0.311 e. The van der Waals surface area contributed by atoms with Gasteiger partial charge < -0.3 is 4.57 Å². The van der Waals surface area contributed by atoms with Gasteiger partial charge in [-0.15, -0.1) is 0 Å². The number of aromatic nitrogens is 4. The van der Waals surface area contributed by atoms with Gasteiger partial charge in [0.05, 0.1) is 16.6 Å². The van der Waals surface area contributed by atoms with Crippen molar-refractivity contribution in [2.24, 2.45) is 11.8 Å². The Labute approximate surface area is 180 Å². The molecule has 6 heteroatoms. The third-order valence-corrected chi connectivity index (χ3v) is 7.10. The molecule has 0 saturated heterocycles. The second-order valence-electron chi connectivity index (χ2n) is 8.84. The summed E-state index contributed by atoms with van der Waals surface area (Å²) in [6.45, 7) is 6.57. The molecule has 1 aliphatic rings. The van der Waals surface area contributed by atoms with Gasteiger partial charge in [0.15, 0.2) is 5.65 Å². The molecule has 160 valence electrons. The number of rotatable bonds is 3. The van der Waals surface area contributed by atoms with Gasteiger partial charge >= 0.3 is 0 Å².